The van der Waals surface area contributed by atoms with Gasteiger partial charge in [0.05, 0.1) is 6.61 Å². The first-order chi connectivity index (χ1) is 9.15. The van der Waals surface area contributed by atoms with Crippen molar-refractivity contribution in [2.75, 3.05) is 6.61 Å². The van der Waals surface area contributed by atoms with Gasteiger partial charge in [-0.3, -0.25) is 4.79 Å². The van der Waals surface area contributed by atoms with Crippen LogP contribution in [0.2, 0.25) is 0 Å². The standard InChI is InChI=1S/C15H19NO3/c1-11(17)4-7-15(18)16-10-12-5-6-14-13(9-12)3-2-8-19-14/h5-6,9H,2-4,7-8,10H2,1H3,(H,16,18). The van der Waals surface area contributed by atoms with Crippen LogP contribution in [0.25, 0.3) is 0 Å². The van der Waals surface area contributed by atoms with Gasteiger partial charge in [-0.2, -0.15) is 0 Å². The zero-order chi connectivity index (χ0) is 13.7. The molecule has 0 saturated carbocycles. The molecule has 0 aromatic heterocycles. The topological polar surface area (TPSA) is 55.4 Å². The van der Waals surface area contributed by atoms with E-state index in [2.05, 4.69) is 11.4 Å². The van der Waals surface area contributed by atoms with E-state index in [0.717, 1.165) is 30.8 Å². The Bertz CT molecular complexity index is 482. The Hall–Kier alpha value is -1.84. The molecule has 0 saturated heterocycles. The van der Waals surface area contributed by atoms with Crippen molar-refractivity contribution < 1.29 is 14.3 Å². The fraction of sp³-hybridized carbons (Fsp3) is 0.467. The minimum absolute atomic E-state index is 0.0427. The average molecular weight is 261 g/mol. The Morgan fingerprint density at radius 2 is 2.16 bits per heavy atom. The molecule has 1 aliphatic heterocycles. The molecule has 1 aliphatic rings. The van der Waals surface area contributed by atoms with Gasteiger partial charge in [-0.25, -0.2) is 0 Å². The number of ketones is 1. The van der Waals surface area contributed by atoms with E-state index >= 15 is 0 Å². The van der Waals surface area contributed by atoms with Crippen molar-refractivity contribution in [1.29, 1.82) is 0 Å². The molecule has 1 heterocycles. The Morgan fingerprint density at radius 1 is 1.32 bits per heavy atom. The summed E-state index contributed by atoms with van der Waals surface area (Å²) in [5, 5.41) is 2.83. The highest BCUT2D eigenvalue weighted by Gasteiger charge is 2.11. The number of benzene rings is 1. The summed E-state index contributed by atoms with van der Waals surface area (Å²) < 4.78 is 5.54. The lowest BCUT2D eigenvalue weighted by molar-refractivity contribution is -0.124. The van der Waals surface area contributed by atoms with Crippen LogP contribution in [0.4, 0.5) is 0 Å². The largest absolute Gasteiger partial charge is 0.493 e. The maximum Gasteiger partial charge on any atom is 0.220 e. The van der Waals surface area contributed by atoms with Gasteiger partial charge in [0.25, 0.3) is 0 Å². The molecule has 0 spiro atoms. The smallest absolute Gasteiger partial charge is 0.220 e. The number of amides is 1. The zero-order valence-corrected chi connectivity index (χ0v) is 11.2. The zero-order valence-electron chi connectivity index (χ0n) is 11.2. The van der Waals surface area contributed by atoms with Crippen LogP contribution >= 0.6 is 0 Å². The van der Waals surface area contributed by atoms with Gasteiger partial charge in [-0.1, -0.05) is 12.1 Å². The second kappa shape index (κ2) is 6.36. The van der Waals surface area contributed by atoms with E-state index < -0.39 is 0 Å². The van der Waals surface area contributed by atoms with Gasteiger partial charge in [-0.05, 0) is 37.0 Å². The first-order valence-corrected chi connectivity index (χ1v) is 6.66. The van der Waals surface area contributed by atoms with E-state index in [0.29, 0.717) is 13.0 Å². The first kappa shape index (κ1) is 13.6. The van der Waals surface area contributed by atoms with Gasteiger partial charge in [0.15, 0.2) is 0 Å². The highest BCUT2D eigenvalue weighted by molar-refractivity contribution is 5.83. The Morgan fingerprint density at radius 3 is 2.95 bits per heavy atom. The Balaban J connectivity index is 1.86. The van der Waals surface area contributed by atoms with Crippen LogP contribution in [0.15, 0.2) is 18.2 Å². The van der Waals surface area contributed by atoms with Crippen molar-refractivity contribution in [3.8, 4) is 5.75 Å². The molecule has 0 atom stereocenters. The summed E-state index contributed by atoms with van der Waals surface area (Å²) in [6.45, 7) is 2.79. The number of carbonyl (C=O) groups is 2. The predicted molar refractivity (Wildman–Crippen MR) is 72.0 cm³/mol. The molecule has 0 unspecified atom stereocenters. The first-order valence-electron chi connectivity index (χ1n) is 6.66. The minimum Gasteiger partial charge on any atom is -0.493 e. The molecule has 102 valence electrons. The van der Waals surface area contributed by atoms with E-state index in [1.807, 2.05) is 12.1 Å². The Kier molecular flexibility index (Phi) is 4.55. The summed E-state index contributed by atoms with van der Waals surface area (Å²) in [5.74, 6) is 0.920. The van der Waals surface area contributed by atoms with Gasteiger partial charge in [0, 0.05) is 19.4 Å². The summed E-state index contributed by atoms with van der Waals surface area (Å²) in [4.78, 5) is 22.3. The number of rotatable bonds is 5. The number of hydrogen-bond donors (Lipinski definition) is 1. The van der Waals surface area contributed by atoms with E-state index in [9.17, 15) is 9.59 Å². The number of fused-ring (bicyclic) bond motifs is 1. The molecule has 0 radical (unpaired) electrons. The second-order valence-corrected chi connectivity index (χ2v) is 4.87. The van der Waals surface area contributed by atoms with E-state index in [-0.39, 0.29) is 18.1 Å². The Labute approximate surface area is 113 Å². The summed E-state index contributed by atoms with van der Waals surface area (Å²) in [7, 11) is 0. The SMILES string of the molecule is CC(=O)CCC(=O)NCc1ccc2c(c1)CCCO2. The van der Waals surface area contributed by atoms with E-state index in [4.69, 9.17) is 4.74 Å². The van der Waals surface area contributed by atoms with Crippen LogP contribution in [-0.2, 0) is 22.6 Å². The molecule has 19 heavy (non-hydrogen) atoms. The summed E-state index contributed by atoms with van der Waals surface area (Å²) in [6.07, 6.45) is 2.65. The number of Topliss-reactive ketones (excluding diaryl/α,β-unsaturated/α-hetero) is 1. The molecular weight excluding hydrogens is 242 g/mol. The molecule has 1 amide bonds. The number of hydrogen-bond acceptors (Lipinski definition) is 3. The summed E-state index contributed by atoms with van der Waals surface area (Å²) >= 11 is 0. The molecule has 0 fully saturated rings. The number of aryl methyl sites for hydroxylation is 1. The third-order valence-corrected chi connectivity index (χ3v) is 3.17. The van der Waals surface area contributed by atoms with Crippen molar-refractivity contribution >= 4 is 11.7 Å². The van der Waals surface area contributed by atoms with Crippen LogP contribution in [0.3, 0.4) is 0 Å². The highest BCUT2D eigenvalue weighted by Crippen LogP contribution is 2.25. The van der Waals surface area contributed by atoms with Crippen molar-refractivity contribution in [2.24, 2.45) is 0 Å². The van der Waals surface area contributed by atoms with Crippen molar-refractivity contribution in [1.82, 2.24) is 5.32 Å². The normalized spacial score (nSPS) is 13.3. The molecule has 2 rings (SSSR count). The van der Waals surface area contributed by atoms with Crippen LogP contribution in [0, 0.1) is 0 Å². The third kappa shape index (κ3) is 4.09. The van der Waals surface area contributed by atoms with Gasteiger partial charge < -0.3 is 14.8 Å². The molecular formula is C15H19NO3. The van der Waals surface area contributed by atoms with E-state index in [1.54, 1.807) is 0 Å². The maximum absolute atomic E-state index is 11.5. The fourth-order valence-corrected chi connectivity index (χ4v) is 2.10. The number of nitrogens with one attached hydrogen (secondary N) is 1. The van der Waals surface area contributed by atoms with E-state index in [1.165, 1.54) is 12.5 Å². The lowest BCUT2D eigenvalue weighted by Gasteiger charge is -2.18. The minimum atomic E-state index is -0.0795. The predicted octanol–water partition coefficient (Wildman–Crippen LogP) is 2.00. The fourth-order valence-electron chi connectivity index (χ4n) is 2.10. The highest BCUT2D eigenvalue weighted by atomic mass is 16.5. The van der Waals surface area contributed by atoms with Gasteiger partial charge in [0.2, 0.25) is 5.91 Å². The van der Waals surface area contributed by atoms with Crippen LogP contribution in [-0.4, -0.2) is 18.3 Å². The molecule has 1 aromatic rings. The van der Waals surface area contributed by atoms with Crippen molar-refractivity contribution in [2.45, 2.75) is 39.2 Å². The summed E-state index contributed by atoms with van der Waals surface area (Å²) in [5.41, 5.74) is 2.28. The van der Waals surface area contributed by atoms with Crippen molar-refractivity contribution in [3.63, 3.8) is 0 Å². The number of ether oxygens (including phenoxy) is 1. The van der Waals surface area contributed by atoms with Gasteiger partial charge in [-0.15, -0.1) is 0 Å². The second-order valence-electron chi connectivity index (χ2n) is 4.87. The van der Waals surface area contributed by atoms with Gasteiger partial charge in [0.1, 0.15) is 11.5 Å². The maximum atomic E-state index is 11.5. The molecule has 1 N–H and O–H groups in total. The monoisotopic (exact) mass is 261 g/mol. The lowest BCUT2D eigenvalue weighted by atomic mass is 10.0. The van der Waals surface area contributed by atoms with Gasteiger partial charge >= 0.3 is 0 Å². The summed E-state index contributed by atoms with van der Waals surface area (Å²) in [6, 6.07) is 6.01. The molecule has 1 aromatic carbocycles. The molecule has 4 nitrogen and oxygen atoms in total. The molecule has 0 aliphatic carbocycles. The quantitative estimate of drug-likeness (QED) is 0.882. The third-order valence-electron chi connectivity index (χ3n) is 3.17. The molecule has 0 bridgehead atoms. The molecule has 4 heteroatoms. The van der Waals surface area contributed by atoms with Crippen LogP contribution < -0.4 is 10.1 Å². The van der Waals surface area contributed by atoms with Crippen molar-refractivity contribution in [3.05, 3.63) is 29.3 Å². The lowest BCUT2D eigenvalue weighted by Crippen LogP contribution is -2.23. The number of carbonyl (C=O) groups excluding carboxylic acids is 2. The van der Waals surface area contributed by atoms with Crippen LogP contribution in [0.1, 0.15) is 37.3 Å². The van der Waals surface area contributed by atoms with Crippen LogP contribution in [0.5, 0.6) is 5.75 Å². The average Bonchev–Trinajstić information content (AvgIpc) is 2.42.